The predicted molar refractivity (Wildman–Crippen MR) is 110 cm³/mol. The first kappa shape index (κ1) is 19.2. The fourth-order valence-electron chi connectivity index (χ4n) is 3.81. The van der Waals surface area contributed by atoms with E-state index in [9.17, 15) is 14.7 Å². The lowest BCUT2D eigenvalue weighted by molar-refractivity contribution is -0.117. The number of benzene rings is 1. The van der Waals surface area contributed by atoms with Crippen LogP contribution in [0.3, 0.4) is 0 Å². The molecule has 1 aromatic heterocycles. The zero-order chi connectivity index (χ0) is 19.7. The SMILES string of the molecule is Cc1cc(NC(=O)C2CC2)sc1C(=O)N1CCC(C(O)c2ccccc2)CC1. The molecule has 1 saturated heterocycles. The Morgan fingerprint density at radius 1 is 1.14 bits per heavy atom. The molecule has 6 heteroatoms. The van der Waals surface area contributed by atoms with Crippen LogP contribution in [-0.2, 0) is 4.79 Å². The summed E-state index contributed by atoms with van der Waals surface area (Å²) in [6, 6.07) is 11.6. The summed E-state index contributed by atoms with van der Waals surface area (Å²) in [6.45, 7) is 3.21. The molecule has 2 fully saturated rings. The molecule has 1 aliphatic heterocycles. The number of hydrogen-bond donors (Lipinski definition) is 2. The van der Waals surface area contributed by atoms with E-state index in [1.807, 2.05) is 48.2 Å². The van der Waals surface area contributed by atoms with Crippen LogP contribution in [0.15, 0.2) is 36.4 Å². The van der Waals surface area contributed by atoms with Crippen molar-refractivity contribution in [1.82, 2.24) is 4.90 Å². The number of anilines is 1. The van der Waals surface area contributed by atoms with Crippen molar-refractivity contribution in [2.75, 3.05) is 18.4 Å². The Labute approximate surface area is 169 Å². The highest BCUT2D eigenvalue weighted by atomic mass is 32.1. The summed E-state index contributed by atoms with van der Waals surface area (Å²) in [4.78, 5) is 27.5. The second-order valence-corrected chi connectivity index (χ2v) is 8.92. The zero-order valence-electron chi connectivity index (χ0n) is 16.1. The highest BCUT2D eigenvalue weighted by Gasteiger charge is 2.32. The number of aryl methyl sites for hydroxylation is 1. The van der Waals surface area contributed by atoms with E-state index < -0.39 is 6.10 Å². The quantitative estimate of drug-likeness (QED) is 0.800. The molecule has 2 N–H and O–H groups in total. The highest BCUT2D eigenvalue weighted by Crippen LogP contribution is 2.35. The molecule has 1 aromatic carbocycles. The minimum atomic E-state index is -0.480. The number of carbonyl (C=O) groups excluding carboxylic acids is 2. The van der Waals surface area contributed by atoms with Crippen molar-refractivity contribution in [3.8, 4) is 0 Å². The van der Waals surface area contributed by atoms with Gasteiger partial charge in [0.15, 0.2) is 0 Å². The van der Waals surface area contributed by atoms with Gasteiger partial charge in [0, 0.05) is 19.0 Å². The monoisotopic (exact) mass is 398 g/mol. The van der Waals surface area contributed by atoms with Gasteiger partial charge >= 0.3 is 0 Å². The number of likely N-dealkylation sites (tertiary alicyclic amines) is 1. The minimum Gasteiger partial charge on any atom is -0.388 e. The number of carbonyl (C=O) groups is 2. The Morgan fingerprint density at radius 3 is 2.46 bits per heavy atom. The summed E-state index contributed by atoms with van der Waals surface area (Å²) in [5.74, 6) is 0.416. The number of piperidine rings is 1. The summed E-state index contributed by atoms with van der Waals surface area (Å²) < 4.78 is 0. The van der Waals surface area contributed by atoms with Gasteiger partial charge in [-0.15, -0.1) is 11.3 Å². The normalized spacial score (nSPS) is 18.7. The molecule has 0 spiro atoms. The molecule has 1 saturated carbocycles. The largest absolute Gasteiger partial charge is 0.388 e. The van der Waals surface area contributed by atoms with Crippen LogP contribution in [0.5, 0.6) is 0 Å². The Balaban J connectivity index is 1.36. The first-order chi connectivity index (χ1) is 13.5. The molecular formula is C22H26N2O3S. The van der Waals surface area contributed by atoms with Crippen LogP contribution in [0.4, 0.5) is 5.00 Å². The molecule has 2 heterocycles. The number of hydrogen-bond acceptors (Lipinski definition) is 4. The van der Waals surface area contributed by atoms with Gasteiger partial charge in [0.25, 0.3) is 5.91 Å². The van der Waals surface area contributed by atoms with Crippen LogP contribution in [0, 0.1) is 18.8 Å². The van der Waals surface area contributed by atoms with E-state index in [1.54, 1.807) is 0 Å². The van der Waals surface area contributed by atoms with Gasteiger partial charge < -0.3 is 15.3 Å². The first-order valence-corrected chi connectivity index (χ1v) is 10.8. The van der Waals surface area contributed by atoms with E-state index in [4.69, 9.17) is 0 Å². The van der Waals surface area contributed by atoms with Gasteiger partial charge in [-0.2, -0.15) is 0 Å². The summed E-state index contributed by atoms with van der Waals surface area (Å²) in [6.07, 6.45) is 3.03. The number of aliphatic hydroxyl groups excluding tert-OH is 1. The van der Waals surface area contributed by atoms with Crippen LogP contribution in [0.1, 0.15) is 52.6 Å². The van der Waals surface area contributed by atoms with Gasteiger partial charge in [-0.3, -0.25) is 9.59 Å². The number of thiophene rings is 1. The average molecular weight is 399 g/mol. The van der Waals surface area contributed by atoms with E-state index in [2.05, 4.69) is 5.32 Å². The molecule has 5 nitrogen and oxygen atoms in total. The fraction of sp³-hybridized carbons (Fsp3) is 0.455. The second kappa shape index (κ2) is 8.05. The molecule has 4 rings (SSSR count). The highest BCUT2D eigenvalue weighted by molar-refractivity contribution is 7.18. The number of amides is 2. The van der Waals surface area contributed by atoms with Crippen molar-refractivity contribution in [3.05, 3.63) is 52.4 Å². The molecule has 1 aliphatic carbocycles. The minimum absolute atomic E-state index is 0.0297. The van der Waals surface area contributed by atoms with Crippen molar-refractivity contribution >= 4 is 28.2 Å². The lowest BCUT2D eigenvalue weighted by Crippen LogP contribution is -2.39. The predicted octanol–water partition coefficient (Wildman–Crippen LogP) is 3.99. The molecule has 0 bridgehead atoms. The molecule has 2 aromatic rings. The number of nitrogens with zero attached hydrogens (tertiary/aromatic N) is 1. The van der Waals surface area contributed by atoms with Crippen LogP contribution in [0.25, 0.3) is 0 Å². The van der Waals surface area contributed by atoms with Crippen molar-refractivity contribution in [3.63, 3.8) is 0 Å². The van der Waals surface area contributed by atoms with E-state index in [0.29, 0.717) is 18.0 Å². The smallest absolute Gasteiger partial charge is 0.264 e. The second-order valence-electron chi connectivity index (χ2n) is 7.87. The molecule has 1 unspecified atom stereocenters. The number of nitrogens with one attached hydrogen (secondary N) is 1. The van der Waals surface area contributed by atoms with Gasteiger partial charge in [-0.25, -0.2) is 0 Å². The zero-order valence-corrected chi connectivity index (χ0v) is 16.9. The first-order valence-electron chi connectivity index (χ1n) is 9.96. The third-order valence-corrected chi connectivity index (χ3v) is 6.86. The number of aliphatic hydroxyl groups is 1. The molecule has 148 valence electrons. The lowest BCUT2D eigenvalue weighted by atomic mass is 9.87. The fourth-order valence-corrected chi connectivity index (χ4v) is 4.85. The maximum atomic E-state index is 13.0. The lowest BCUT2D eigenvalue weighted by Gasteiger charge is -2.34. The third kappa shape index (κ3) is 4.13. The van der Waals surface area contributed by atoms with Crippen molar-refractivity contribution in [1.29, 1.82) is 0 Å². The summed E-state index contributed by atoms with van der Waals surface area (Å²) in [5.41, 5.74) is 1.85. The van der Waals surface area contributed by atoms with Gasteiger partial charge in [0.1, 0.15) is 0 Å². The van der Waals surface area contributed by atoms with Crippen LogP contribution < -0.4 is 5.32 Å². The molecular weight excluding hydrogens is 372 g/mol. The average Bonchev–Trinajstić information content (AvgIpc) is 3.51. The molecule has 28 heavy (non-hydrogen) atoms. The summed E-state index contributed by atoms with van der Waals surface area (Å²) >= 11 is 1.37. The number of rotatable bonds is 5. The van der Waals surface area contributed by atoms with Crippen LogP contribution in [-0.4, -0.2) is 34.9 Å². The summed E-state index contributed by atoms with van der Waals surface area (Å²) in [7, 11) is 0. The molecule has 2 amide bonds. The van der Waals surface area contributed by atoms with E-state index in [-0.39, 0.29) is 23.7 Å². The molecule has 2 aliphatic rings. The Morgan fingerprint density at radius 2 is 1.82 bits per heavy atom. The maximum Gasteiger partial charge on any atom is 0.264 e. The van der Waals surface area contributed by atoms with Crippen LogP contribution in [0.2, 0.25) is 0 Å². The Kier molecular flexibility index (Phi) is 5.51. The van der Waals surface area contributed by atoms with Crippen molar-refractivity contribution in [2.45, 2.75) is 38.7 Å². The van der Waals surface area contributed by atoms with Gasteiger partial charge in [0.2, 0.25) is 5.91 Å². The third-order valence-electron chi connectivity index (χ3n) is 5.72. The van der Waals surface area contributed by atoms with E-state index in [0.717, 1.165) is 41.8 Å². The summed E-state index contributed by atoms with van der Waals surface area (Å²) in [5, 5.41) is 14.3. The van der Waals surface area contributed by atoms with Crippen molar-refractivity contribution < 1.29 is 14.7 Å². The van der Waals surface area contributed by atoms with Crippen molar-refractivity contribution in [2.24, 2.45) is 11.8 Å². The van der Waals surface area contributed by atoms with Gasteiger partial charge in [-0.1, -0.05) is 30.3 Å². The maximum absolute atomic E-state index is 13.0. The topological polar surface area (TPSA) is 69.6 Å². The standard InChI is InChI=1S/C22H26N2O3S/c1-14-13-18(23-21(26)17-7-8-17)28-20(14)22(27)24-11-9-16(10-12-24)19(25)15-5-3-2-4-6-15/h2-6,13,16-17,19,25H,7-12H2,1H3,(H,23,26). The van der Waals surface area contributed by atoms with E-state index in [1.165, 1.54) is 11.3 Å². The van der Waals surface area contributed by atoms with Gasteiger partial charge in [0.05, 0.1) is 16.0 Å². The molecule has 0 radical (unpaired) electrons. The molecule has 1 atom stereocenters. The van der Waals surface area contributed by atoms with Crippen LogP contribution >= 0.6 is 11.3 Å². The van der Waals surface area contributed by atoms with E-state index >= 15 is 0 Å². The van der Waals surface area contributed by atoms with Gasteiger partial charge in [-0.05, 0) is 55.7 Å². The Hall–Kier alpha value is -2.18. The Bertz CT molecular complexity index is 852.